The first-order valence-corrected chi connectivity index (χ1v) is 12.9. The number of rotatable bonds is 9. The summed E-state index contributed by atoms with van der Waals surface area (Å²) in [5, 5.41) is 1.39. The number of fused-ring (bicyclic) bond motifs is 2. The van der Waals surface area contributed by atoms with Gasteiger partial charge in [-0.2, -0.15) is 0 Å². The zero-order valence-electron chi connectivity index (χ0n) is 22.1. The lowest BCUT2D eigenvalue weighted by Crippen LogP contribution is -2.29. The van der Waals surface area contributed by atoms with Crippen molar-refractivity contribution in [3.63, 3.8) is 0 Å². The average Bonchev–Trinajstić information content (AvgIpc) is 3.19. The molecule has 0 spiro atoms. The van der Waals surface area contributed by atoms with Gasteiger partial charge in [-0.15, -0.1) is 0 Å². The Morgan fingerprint density at radius 3 is 1.97 bits per heavy atom. The molecule has 4 aromatic rings. The maximum Gasteiger partial charge on any atom is 0.310 e. The Balaban J connectivity index is 1.60. The number of amides is 2. The minimum absolute atomic E-state index is 0.103. The fourth-order valence-electron chi connectivity index (χ4n) is 4.71. The zero-order valence-corrected chi connectivity index (χ0v) is 22.1. The topological polar surface area (TPSA) is 82.1 Å². The molecule has 0 aliphatic carbocycles. The van der Waals surface area contributed by atoms with Crippen LogP contribution in [0.1, 0.15) is 52.6 Å². The van der Waals surface area contributed by atoms with Crippen molar-refractivity contribution >= 4 is 34.2 Å². The van der Waals surface area contributed by atoms with Gasteiger partial charge in [0.25, 0.3) is 11.8 Å². The first-order chi connectivity index (χ1) is 18.9. The molecule has 0 saturated heterocycles. The fourth-order valence-corrected chi connectivity index (χ4v) is 4.71. The van der Waals surface area contributed by atoms with Crippen LogP contribution >= 0.6 is 0 Å². The molecule has 5 rings (SSSR count). The number of imide groups is 1. The molecule has 0 atom stereocenters. The largest absolute Gasteiger partial charge is 0.489 e. The summed E-state index contributed by atoms with van der Waals surface area (Å²) in [6.07, 6.45) is -0.126. The van der Waals surface area contributed by atoms with Crippen molar-refractivity contribution in [1.82, 2.24) is 0 Å². The second-order valence-corrected chi connectivity index (χ2v) is 9.49. The molecule has 198 valence electrons. The summed E-state index contributed by atoms with van der Waals surface area (Å²) in [5.74, 6) is -0.606. The van der Waals surface area contributed by atoms with Gasteiger partial charge in [-0.1, -0.05) is 66.7 Å². The van der Waals surface area contributed by atoms with Crippen molar-refractivity contribution in [1.29, 1.82) is 0 Å². The predicted molar refractivity (Wildman–Crippen MR) is 148 cm³/mol. The molecular formula is C32H29NO6. The number of ether oxygens (including phenoxy) is 3. The standard InChI is InChI=1S/C32H29NO6/c1-4-37-26(34)18-21-14-16-23(17-15-21)33-31(35)27-28(32(33)36)30(39-20(2)3)25-13-9-8-12-24(25)29(27)38-19-22-10-6-5-7-11-22/h5-17,20H,4,18-19H2,1-3H3. The molecule has 1 aliphatic heterocycles. The fraction of sp³-hybridized carbons (Fsp3) is 0.219. The van der Waals surface area contributed by atoms with Crippen molar-refractivity contribution in [3.8, 4) is 11.5 Å². The van der Waals surface area contributed by atoms with Crippen LogP contribution in [-0.4, -0.2) is 30.5 Å². The number of carbonyl (C=O) groups excluding carboxylic acids is 3. The number of anilines is 1. The number of benzene rings is 4. The highest BCUT2D eigenvalue weighted by atomic mass is 16.5. The van der Waals surface area contributed by atoms with Crippen LogP contribution in [0.3, 0.4) is 0 Å². The molecule has 4 aromatic carbocycles. The van der Waals surface area contributed by atoms with Crippen LogP contribution < -0.4 is 14.4 Å². The molecular weight excluding hydrogens is 494 g/mol. The number of esters is 1. The van der Waals surface area contributed by atoms with Crippen molar-refractivity contribution in [2.75, 3.05) is 11.5 Å². The summed E-state index contributed by atoms with van der Waals surface area (Å²) < 4.78 is 17.5. The van der Waals surface area contributed by atoms with Gasteiger partial charge in [0.2, 0.25) is 0 Å². The van der Waals surface area contributed by atoms with Gasteiger partial charge < -0.3 is 14.2 Å². The quantitative estimate of drug-likeness (QED) is 0.194. The van der Waals surface area contributed by atoms with E-state index in [1.165, 1.54) is 0 Å². The molecule has 39 heavy (non-hydrogen) atoms. The molecule has 7 nitrogen and oxygen atoms in total. The maximum atomic E-state index is 14.0. The SMILES string of the molecule is CCOC(=O)Cc1ccc(N2C(=O)c3c(c(OC(C)C)c4ccccc4c3OCc3ccccc3)C2=O)cc1. The van der Waals surface area contributed by atoms with Crippen molar-refractivity contribution in [2.24, 2.45) is 0 Å². The van der Waals surface area contributed by atoms with E-state index in [2.05, 4.69) is 0 Å². The van der Waals surface area contributed by atoms with Crippen molar-refractivity contribution in [2.45, 2.75) is 39.9 Å². The van der Waals surface area contributed by atoms with Gasteiger partial charge in [0.05, 0.1) is 35.9 Å². The number of carbonyl (C=O) groups is 3. The van der Waals surface area contributed by atoms with E-state index >= 15 is 0 Å². The summed E-state index contributed by atoms with van der Waals surface area (Å²) in [7, 11) is 0. The van der Waals surface area contributed by atoms with E-state index in [1.807, 2.05) is 68.4 Å². The molecule has 0 N–H and O–H groups in total. The summed E-state index contributed by atoms with van der Waals surface area (Å²) >= 11 is 0. The molecule has 0 aromatic heterocycles. The molecule has 2 amide bonds. The van der Waals surface area contributed by atoms with Gasteiger partial charge >= 0.3 is 5.97 Å². The number of nitrogens with zero attached hydrogens (tertiary/aromatic N) is 1. The Morgan fingerprint density at radius 1 is 0.769 bits per heavy atom. The summed E-state index contributed by atoms with van der Waals surface area (Å²) in [6, 6.07) is 23.8. The third-order valence-electron chi connectivity index (χ3n) is 6.38. The van der Waals surface area contributed by atoms with E-state index in [4.69, 9.17) is 14.2 Å². The smallest absolute Gasteiger partial charge is 0.310 e. The first kappa shape index (κ1) is 26.0. The van der Waals surface area contributed by atoms with Gasteiger partial charge in [-0.3, -0.25) is 14.4 Å². The van der Waals surface area contributed by atoms with E-state index < -0.39 is 11.8 Å². The van der Waals surface area contributed by atoms with Crippen LogP contribution in [0.4, 0.5) is 5.69 Å². The molecule has 0 unspecified atom stereocenters. The normalized spacial score (nSPS) is 12.7. The third kappa shape index (κ3) is 5.08. The van der Waals surface area contributed by atoms with Gasteiger partial charge in [0, 0.05) is 10.8 Å². The van der Waals surface area contributed by atoms with Crippen LogP contribution in [0.5, 0.6) is 11.5 Å². The van der Waals surface area contributed by atoms with Crippen LogP contribution in [-0.2, 0) is 22.6 Å². The summed E-state index contributed by atoms with van der Waals surface area (Å²) in [4.78, 5) is 40.9. The van der Waals surface area contributed by atoms with E-state index in [0.717, 1.165) is 16.0 Å². The third-order valence-corrected chi connectivity index (χ3v) is 6.38. The van der Waals surface area contributed by atoms with E-state index in [-0.39, 0.29) is 36.2 Å². The first-order valence-electron chi connectivity index (χ1n) is 12.9. The second kappa shape index (κ2) is 11.0. The summed E-state index contributed by atoms with van der Waals surface area (Å²) in [6.45, 7) is 6.04. The molecule has 1 heterocycles. The van der Waals surface area contributed by atoms with E-state index in [9.17, 15) is 14.4 Å². The zero-order chi connectivity index (χ0) is 27.5. The molecule has 0 bridgehead atoms. The van der Waals surface area contributed by atoms with Crippen molar-refractivity contribution < 1.29 is 28.6 Å². The van der Waals surface area contributed by atoms with Crippen LogP contribution in [0.15, 0.2) is 78.9 Å². The van der Waals surface area contributed by atoms with Crippen LogP contribution in [0, 0.1) is 0 Å². The maximum absolute atomic E-state index is 14.0. The lowest BCUT2D eigenvalue weighted by Gasteiger charge is -2.19. The number of hydrogen-bond acceptors (Lipinski definition) is 6. The molecule has 0 radical (unpaired) electrons. The lowest BCUT2D eigenvalue weighted by atomic mass is 9.98. The highest BCUT2D eigenvalue weighted by Gasteiger charge is 2.43. The van der Waals surface area contributed by atoms with Gasteiger partial charge in [0.1, 0.15) is 18.1 Å². The molecule has 1 aliphatic rings. The molecule has 0 fully saturated rings. The average molecular weight is 524 g/mol. The van der Waals surface area contributed by atoms with Crippen LogP contribution in [0.2, 0.25) is 0 Å². The monoisotopic (exact) mass is 523 g/mol. The highest BCUT2D eigenvalue weighted by Crippen LogP contribution is 2.46. The van der Waals surface area contributed by atoms with Crippen LogP contribution in [0.25, 0.3) is 10.8 Å². The molecule has 0 saturated carbocycles. The highest BCUT2D eigenvalue weighted by molar-refractivity contribution is 6.38. The van der Waals surface area contributed by atoms with Gasteiger partial charge in [-0.05, 0) is 44.0 Å². The Bertz CT molecular complexity index is 1540. The minimum atomic E-state index is -0.490. The Morgan fingerprint density at radius 2 is 1.36 bits per heavy atom. The number of hydrogen-bond donors (Lipinski definition) is 0. The second-order valence-electron chi connectivity index (χ2n) is 9.49. The van der Waals surface area contributed by atoms with Gasteiger partial charge in [0.15, 0.2) is 0 Å². The Kier molecular flexibility index (Phi) is 7.32. The van der Waals surface area contributed by atoms with Gasteiger partial charge in [-0.25, -0.2) is 4.90 Å². The Hall–Kier alpha value is -4.65. The minimum Gasteiger partial charge on any atom is -0.489 e. The van der Waals surface area contributed by atoms with Crippen molar-refractivity contribution in [3.05, 3.63) is 101 Å². The lowest BCUT2D eigenvalue weighted by molar-refractivity contribution is -0.142. The summed E-state index contributed by atoms with van der Waals surface area (Å²) in [5.41, 5.74) is 2.41. The van der Waals surface area contributed by atoms with E-state index in [1.54, 1.807) is 31.2 Å². The molecule has 7 heteroatoms. The Labute approximate surface area is 226 Å². The van der Waals surface area contributed by atoms with E-state index in [0.29, 0.717) is 34.6 Å². The predicted octanol–water partition coefficient (Wildman–Crippen LogP) is 6.11.